The number of carbonyl (C=O) groups is 1. The van der Waals surface area contributed by atoms with Gasteiger partial charge in [0.2, 0.25) is 5.78 Å². The molecule has 0 bridgehead atoms. The van der Waals surface area contributed by atoms with Crippen LogP contribution in [0.15, 0.2) is 36.5 Å². The number of Topliss-reactive ketones (excluding diaryl/α,β-unsaturated/α-hetero) is 1. The first-order valence-corrected chi connectivity index (χ1v) is 6.77. The zero-order valence-electron chi connectivity index (χ0n) is 12.0. The Labute approximate surface area is 118 Å². The largest absolute Gasteiger partial charge is 0.370 e. The summed E-state index contributed by atoms with van der Waals surface area (Å²) in [6.45, 7) is 6.32. The second kappa shape index (κ2) is 6.43. The molecular formula is C15H19N3O2. The lowest BCUT2D eigenvalue weighted by molar-refractivity contribution is 0.0273. The number of aromatic nitrogens is 3. The third-order valence-corrected chi connectivity index (χ3v) is 3.01. The van der Waals surface area contributed by atoms with Gasteiger partial charge in [-0.2, -0.15) is 0 Å². The average molecular weight is 273 g/mol. The lowest BCUT2D eigenvalue weighted by Gasteiger charge is -2.19. The number of hydrogen-bond donors (Lipinski definition) is 0. The number of ether oxygens (including phenoxy) is 1. The first-order chi connectivity index (χ1) is 9.65. The normalized spacial score (nSPS) is 12.6. The third kappa shape index (κ3) is 2.93. The highest BCUT2D eigenvalue weighted by Gasteiger charge is 2.27. The van der Waals surface area contributed by atoms with E-state index in [4.69, 9.17) is 4.74 Å². The molecule has 20 heavy (non-hydrogen) atoms. The third-order valence-electron chi connectivity index (χ3n) is 3.01. The minimum absolute atomic E-state index is 0.0873. The molecule has 0 aliphatic rings. The summed E-state index contributed by atoms with van der Waals surface area (Å²) in [7, 11) is 0. The SMILES string of the molecule is CCOC(C(=O)c1cnnn1-c1ccccc1)C(C)C. The van der Waals surface area contributed by atoms with Crippen molar-refractivity contribution in [1.29, 1.82) is 0 Å². The number of rotatable bonds is 6. The van der Waals surface area contributed by atoms with Gasteiger partial charge in [0, 0.05) is 6.61 Å². The van der Waals surface area contributed by atoms with Crippen LogP contribution in [0.1, 0.15) is 31.3 Å². The Hall–Kier alpha value is -2.01. The standard InChI is InChI=1S/C15H19N3O2/c1-4-20-15(11(2)3)14(19)13-10-16-17-18(13)12-8-6-5-7-9-12/h5-11,15H,4H2,1-3H3. The van der Waals surface area contributed by atoms with Gasteiger partial charge in [-0.25, -0.2) is 4.68 Å². The summed E-state index contributed by atoms with van der Waals surface area (Å²) in [5, 5.41) is 7.86. The van der Waals surface area contributed by atoms with Crippen LogP contribution < -0.4 is 0 Å². The molecule has 2 aromatic rings. The Kier molecular flexibility index (Phi) is 4.63. The van der Waals surface area contributed by atoms with Gasteiger partial charge in [0.15, 0.2) is 0 Å². The van der Waals surface area contributed by atoms with Crippen molar-refractivity contribution in [2.24, 2.45) is 5.92 Å². The quantitative estimate of drug-likeness (QED) is 0.759. The molecule has 0 fully saturated rings. The number of nitrogens with zero attached hydrogens (tertiary/aromatic N) is 3. The van der Waals surface area contributed by atoms with Crippen LogP contribution in [0.4, 0.5) is 0 Å². The number of carbonyl (C=O) groups excluding carboxylic acids is 1. The van der Waals surface area contributed by atoms with Crippen molar-refractivity contribution in [3.63, 3.8) is 0 Å². The summed E-state index contributed by atoms with van der Waals surface area (Å²) in [6.07, 6.45) is 1.02. The Balaban J connectivity index is 2.34. The Bertz CT molecular complexity index is 564. The number of hydrogen-bond acceptors (Lipinski definition) is 4. The van der Waals surface area contributed by atoms with Crippen LogP contribution in [0, 0.1) is 5.92 Å². The van der Waals surface area contributed by atoms with E-state index in [9.17, 15) is 4.79 Å². The summed E-state index contributed by atoms with van der Waals surface area (Å²) in [5.41, 5.74) is 1.26. The molecule has 1 heterocycles. The van der Waals surface area contributed by atoms with Crippen molar-refractivity contribution in [3.05, 3.63) is 42.2 Å². The van der Waals surface area contributed by atoms with Gasteiger partial charge >= 0.3 is 0 Å². The Morgan fingerprint density at radius 1 is 1.30 bits per heavy atom. The van der Waals surface area contributed by atoms with Gasteiger partial charge in [0.05, 0.1) is 11.9 Å². The van der Waals surface area contributed by atoms with Crippen molar-refractivity contribution < 1.29 is 9.53 Å². The van der Waals surface area contributed by atoms with Crippen LogP contribution in [0.3, 0.4) is 0 Å². The first-order valence-electron chi connectivity index (χ1n) is 6.77. The molecule has 1 aromatic carbocycles. The molecule has 0 saturated carbocycles. The fraction of sp³-hybridized carbons (Fsp3) is 0.400. The smallest absolute Gasteiger partial charge is 0.211 e. The molecule has 0 radical (unpaired) electrons. The van der Waals surface area contributed by atoms with E-state index in [0.29, 0.717) is 12.3 Å². The second-order valence-corrected chi connectivity index (χ2v) is 4.85. The van der Waals surface area contributed by atoms with E-state index < -0.39 is 6.10 Å². The second-order valence-electron chi connectivity index (χ2n) is 4.85. The van der Waals surface area contributed by atoms with Crippen molar-refractivity contribution in [2.75, 3.05) is 6.61 Å². The molecule has 5 nitrogen and oxygen atoms in total. The molecule has 1 unspecified atom stereocenters. The van der Waals surface area contributed by atoms with Crippen molar-refractivity contribution in [1.82, 2.24) is 15.0 Å². The lowest BCUT2D eigenvalue weighted by Crippen LogP contribution is -2.31. The van der Waals surface area contributed by atoms with Gasteiger partial charge in [-0.15, -0.1) is 5.10 Å². The number of ketones is 1. The topological polar surface area (TPSA) is 57.0 Å². The van der Waals surface area contributed by atoms with Crippen LogP contribution in [0.25, 0.3) is 5.69 Å². The highest BCUT2D eigenvalue weighted by molar-refractivity contribution is 5.98. The van der Waals surface area contributed by atoms with Crippen LogP contribution in [0.2, 0.25) is 0 Å². The first kappa shape index (κ1) is 14.4. The predicted octanol–water partition coefficient (Wildman–Crippen LogP) is 2.51. The van der Waals surface area contributed by atoms with Crippen molar-refractivity contribution in [2.45, 2.75) is 26.9 Å². The molecule has 0 aliphatic heterocycles. The fourth-order valence-corrected chi connectivity index (χ4v) is 2.06. The Morgan fingerprint density at radius 2 is 2.00 bits per heavy atom. The summed E-state index contributed by atoms with van der Waals surface area (Å²) in [6, 6.07) is 9.48. The average Bonchev–Trinajstić information content (AvgIpc) is 2.94. The molecule has 106 valence electrons. The molecule has 0 saturated heterocycles. The summed E-state index contributed by atoms with van der Waals surface area (Å²) < 4.78 is 7.11. The van der Waals surface area contributed by atoms with E-state index in [2.05, 4.69) is 10.3 Å². The van der Waals surface area contributed by atoms with Gasteiger partial charge in [0.25, 0.3) is 0 Å². The zero-order valence-corrected chi connectivity index (χ0v) is 12.0. The molecule has 5 heteroatoms. The highest BCUT2D eigenvalue weighted by atomic mass is 16.5. The molecule has 2 rings (SSSR count). The highest BCUT2D eigenvalue weighted by Crippen LogP contribution is 2.16. The van der Waals surface area contributed by atoms with Crippen LogP contribution >= 0.6 is 0 Å². The van der Waals surface area contributed by atoms with Crippen molar-refractivity contribution >= 4 is 5.78 Å². The number of benzene rings is 1. The van der Waals surface area contributed by atoms with Crippen LogP contribution in [0.5, 0.6) is 0 Å². The minimum atomic E-state index is -0.471. The summed E-state index contributed by atoms with van der Waals surface area (Å²) in [5.74, 6) is 0.0114. The fourth-order valence-electron chi connectivity index (χ4n) is 2.06. The van der Waals surface area contributed by atoms with E-state index in [0.717, 1.165) is 5.69 Å². The monoisotopic (exact) mass is 273 g/mol. The zero-order chi connectivity index (χ0) is 14.5. The molecule has 0 aliphatic carbocycles. The maximum Gasteiger partial charge on any atom is 0.211 e. The van der Waals surface area contributed by atoms with Crippen molar-refractivity contribution in [3.8, 4) is 5.69 Å². The van der Waals surface area contributed by atoms with E-state index in [1.54, 1.807) is 4.68 Å². The molecule has 0 N–H and O–H groups in total. The van der Waals surface area contributed by atoms with E-state index >= 15 is 0 Å². The molecule has 1 atom stereocenters. The molecule has 0 amide bonds. The van der Waals surface area contributed by atoms with Gasteiger partial charge in [-0.3, -0.25) is 4.79 Å². The molecule has 1 aromatic heterocycles. The van der Waals surface area contributed by atoms with Crippen LogP contribution in [-0.2, 0) is 4.74 Å². The van der Waals surface area contributed by atoms with Gasteiger partial charge < -0.3 is 4.74 Å². The van der Waals surface area contributed by atoms with Gasteiger partial charge in [0.1, 0.15) is 11.8 Å². The van der Waals surface area contributed by atoms with E-state index in [1.165, 1.54) is 6.20 Å². The molecule has 0 spiro atoms. The number of para-hydroxylation sites is 1. The maximum atomic E-state index is 12.6. The minimum Gasteiger partial charge on any atom is -0.370 e. The maximum absolute atomic E-state index is 12.6. The summed E-state index contributed by atoms with van der Waals surface area (Å²) >= 11 is 0. The van der Waals surface area contributed by atoms with Crippen LogP contribution in [-0.4, -0.2) is 33.5 Å². The van der Waals surface area contributed by atoms with E-state index in [1.807, 2.05) is 51.1 Å². The van der Waals surface area contributed by atoms with Gasteiger partial charge in [-0.1, -0.05) is 37.3 Å². The predicted molar refractivity (Wildman–Crippen MR) is 75.9 cm³/mol. The van der Waals surface area contributed by atoms with Gasteiger partial charge in [-0.05, 0) is 25.0 Å². The summed E-state index contributed by atoms with van der Waals surface area (Å²) in [4.78, 5) is 12.6. The van der Waals surface area contributed by atoms with E-state index in [-0.39, 0.29) is 11.7 Å². The molecular weight excluding hydrogens is 254 g/mol. The Morgan fingerprint density at radius 3 is 2.60 bits per heavy atom. The lowest BCUT2D eigenvalue weighted by atomic mass is 10.0.